The molecule has 0 saturated heterocycles. The fourth-order valence-corrected chi connectivity index (χ4v) is 3.24. The van der Waals surface area contributed by atoms with Gasteiger partial charge in [0.1, 0.15) is 12.6 Å². The quantitative estimate of drug-likeness (QED) is 0.702. The number of hydrogen-bond donors (Lipinski definition) is 2. The molecule has 0 spiro atoms. The number of hydrogen-bond acceptors (Lipinski definition) is 3. The van der Waals surface area contributed by atoms with E-state index in [1.807, 2.05) is 84.9 Å². The maximum absolute atomic E-state index is 12.7. The molecule has 0 aromatic heterocycles. The number of benzene rings is 3. The van der Waals surface area contributed by atoms with Crippen LogP contribution < -0.4 is 10.6 Å². The van der Waals surface area contributed by atoms with Gasteiger partial charge >= 0.3 is 6.09 Å². The molecule has 3 aromatic rings. The van der Waals surface area contributed by atoms with Gasteiger partial charge in [0.05, 0.1) is 0 Å². The summed E-state index contributed by atoms with van der Waals surface area (Å²) in [7, 11) is 0. The number of nitrogens with one attached hydrogen (secondary N) is 2. The Kier molecular flexibility index (Phi) is 5.38. The van der Waals surface area contributed by atoms with Gasteiger partial charge in [-0.15, -0.1) is 0 Å². The lowest BCUT2D eigenvalue weighted by atomic mass is 9.96. The average molecular weight is 384 g/mol. The maximum Gasteiger partial charge on any atom is 0.408 e. The highest BCUT2D eigenvalue weighted by molar-refractivity contribution is 6.05. The molecule has 0 radical (unpaired) electrons. The van der Waals surface area contributed by atoms with E-state index < -0.39 is 12.1 Å². The van der Waals surface area contributed by atoms with Crippen LogP contribution in [-0.4, -0.2) is 18.0 Å². The largest absolute Gasteiger partial charge is 0.445 e. The summed E-state index contributed by atoms with van der Waals surface area (Å²) in [6.45, 7) is 0.135. The molecule has 5 nitrogen and oxygen atoms in total. The highest BCUT2D eigenvalue weighted by Crippen LogP contribution is 2.32. The Hall–Kier alpha value is -3.86. The molecule has 4 rings (SSSR count). The van der Waals surface area contributed by atoms with Gasteiger partial charge < -0.3 is 15.4 Å². The van der Waals surface area contributed by atoms with Crippen molar-refractivity contribution < 1.29 is 14.3 Å². The third-order valence-corrected chi connectivity index (χ3v) is 4.66. The molecule has 3 aromatic carbocycles. The molecule has 1 aliphatic heterocycles. The summed E-state index contributed by atoms with van der Waals surface area (Å²) in [5.74, 6) is -0.319. The smallest absolute Gasteiger partial charge is 0.408 e. The van der Waals surface area contributed by atoms with E-state index in [1.54, 1.807) is 6.08 Å². The van der Waals surface area contributed by atoms with Gasteiger partial charge in [0.15, 0.2) is 0 Å². The van der Waals surface area contributed by atoms with Crippen LogP contribution in [0.25, 0.3) is 5.57 Å². The standard InChI is InChI=1S/C24H20N2O3/c27-23-22(26-24(28)29-16-17-9-3-1-4-10-17)15-20(18-11-5-2-6-12-18)19-13-7-8-14-21(19)25-23/h1-15,22H,16H2,(H,25,27)(H,26,28). The topological polar surface area (TPSA) is 67.4 Å². The van der Waals surface area contributed by atoms with Crippen molar-refractivity contribution in [3.63, 3.8) is 0 Å². The first-order valence-corrected chi connectivity index (χ1v) is 9.35. The second-order valence-electron chi connectivity index (χ2n) is 6.66. The summed E-state index contributed by atoms with van der Waals surface area (Å²) < 4.78 is 5.28. The Morgan fingerprint density at radius 3 is 2.31 bits per heavy atom. The molecule has 0 aliphatic carbocycles. The Bertz CT molecular complexity index is 1050. The minimum Gasteiger partial charge on any atom is -0.445 e. The van der Waals surface area contributed by atoms with Gasteiger partial charge in [0.2, 0.25) is 0 Å². The van der Waals surface area contributed by atoms with Crippen LogP contribution in [-0.2, 0) is 16.1 Å². The van der Waals surface area contributed by atoms with Crippen LogP contribution in [0.2, 0.25) is 0 Å². The molecule has 0 saturated carbocycles. The van der Waals surface area contributed by atoms with Gasteiger partial charge in [-0.3, -0.25) is 4.79 Å². The summed E-state index contributed by atoms with van der Waals surface area (Å²) in [5.41, 5.74) is 4.30. The van der Waals surface area contributed by atoms with Crippen molar-refractivity contribution in [2.24, 2.45) is 0 Å². The number of amides is 2. The fraction of sp³-hybridized carbons (Fsp3) is 0.0833. The van der Waals surface area contributed by atoms with Gasteiger partial charge in [0, 0.05) is 11.3 Å². The molecular formula is C24H20N2O3. The van der Waals surface area contributed by atoms with E-state index in [-0.39, 0.29) is 12.5 Å². The van der Waals surface area contributed by atoms with E-state index in [1.165, 1.54) is 0 Å². The van der Waals surface area contributed by atoms with Crippen molar-refractivity contribution >= 4 is 23.3 Å². The van der Waals surface area contributed by atoms with E-state index in [9.17, 15) is 9.59 Å². The van der Waals surface area contributed by atoms with E-state index in [4.69, 9.17) is 4.74 Å². The van der Waals surface area contributed by atoms with Crippen molar-refractivity contribution in [1.82, 2.24) is 5.32 Å². The lowest BCUT2D eigenvalue weighted by molar-refractivity contribution is -0.117. The molecule has 1 aliphatic rings. The number of ether oxygens (including phenoxy) is 1. The van der Waals surface area contributed by atoms with E-state index in [0.717, 1.165) is 22.3 Å². The van der Waals surface area contributed by atoms with Crippen LogP contribution in [0.3, 0.4) is 0 Å². The summed E-state index contributed by atoms with van der Waals surface area (Å²) in [4.78, 5) is 25.1. The Balaban J connectivity index is 1.58. The van der Waals surface area contributed by atoms with Gasteiger partial charge in [-0.05, 0) is 28.8 Å². The maximum atomic E-state index is 12.7. The SMILES string of the molecule is O=C(NC1C=C(c2ccccc2)c2ccccc2NC1=O)OCc1ccccc1. The third kappa shape index (κ3) is 4.35. The monoisotopic (exact) mass is 384 g/mol. The Labute approximate surface area is 169 Å². The molecule has 2 amide bonds. The molecule has 1 heterocycles. The molecular weight excluding hydrogens is 364 g/mol. The van der Waals surface area contributed by atoms with Gasteiger partial charge in [0.25, 0.3) is 5.91 Å². The highest BCUT2D eigenvalue weighted by Gasteiger charge is 2.26. The summed E-state index contributed by atoms with van der Waals surface area (Å²) in [6.07, 6.45) is 1.11. The van der Waals surface area contributed by atoms with Gasteiger partial charge in [-0.2, -0.15) is 0 Å². The number of rotatable bonds is 4. The van der Waals surface area contributed by atoms with Crippen LogP contribution in [0, 0.1) is 0 Å². The third-order valence-electron chi connectivity index (χ3n) is 4.66. The number of alkyl carbamates (subject to hydrolysis) is 1. The average Bonchev–Trinajstić information content (AvgIpc) is 2.90. The van der Waals surface area contributed by atoms with Crippen molar-refractivity contribution in [2.75, 3.05) is 5.32 Å². The first-order valence-electron chi connectivity index (χ1n) is 9.35. The zero-order valence-electron chi connectivity index (χ0n) is 15.7. The van der Waals surface area contributed by atoms with E-state index in [0.29, 0.717) is 5.69 Å². The minimum atomic E-state index is -0.860. The molecule has 1 atom stereocenters. The molecule has 0 fully saturated rings. The predicted octanol–water partition coefficient (Wildman–Crippen LogP) is 4.37. The Morgan fingerprint density at radius 2 is 1.55 bits per heavy atom. The highest BCUT2D eigenvalue weighted by atomic mass is 16.5. The van der Waals surface area contributed by atoms with E-state index in [2.05, 4.69) is 10.6 Å². The molecule has 0 bridgehead atoms. The van der Waals surface area contributed by atoms with Crippen LogP contribution in [0.15, 0.2) is 91.0 Å². The number of carbonyl (C=O) groups excluding carboxylic acids is 2. The number of fused-ring (bicyclic) bond motifs is 1. The minimum absolute atomic E-state index is 0.135. The van der Waals surface area contributed by atoms with Gasteiger partial charge in [-0.1, -0.05) is 78.9 Å². The normalized spacial score (nSPS) is 15.4. The van der Waals surface area contributed by atoms with E-state index >= 15 is 0 Å². The second-order valence-corrected chi connectivity index (χ2v) is 6.66. The lowest BCUT2D eigenvalue weighted by Gasteiger charge is -2.14. The molecule has 1 unspecified atom stereocenters. The zero-order valence-corrected chi connectivity index (χ0v) is 15.7. The molecule has 5 heteroatoms. The fourth-order valence-electron chi connectivity index (χ4n) is 3.24. The summed E-state index contributed by atoms with van der Waals surface area (Å²) in [6, 6.07) is 25.9. The van der Waals surface area contributed by atoms with Crippen molar-refractivity contribution in [3.8, 4) is 0 Å². The summed E-state index contributed by atoms with van der Waals surface area (Å²) >= 11 is 0. The first kappa shape index (κ1) is 18.5. The second kappa shape index (κ2) is 8.44. The molecule has 2 N–H and O–H groups in total. The van der Waals surface area contributed by atoms with Crippen LogP contribution in [0.4, 0.5) is 10.5 Å². The number of carbonyl (C=O) groups is 2. The zero-order chi connectivity index (χ0) is 20.1. The number of para-hydroxylation sites is 1. The Morgan fingerprint density at radius 1 is 0.897 bits per heavy atom. The van der Waals surface area contributed by atoms with Crippen LogP contribution in [0.1, 0.15) is 16.7 Å². The van der Waals surface area contributed by atoms with Crippen LogP contribution >= 0.6 is 0 Å². The van der Waals surface area contributed by atoms with Gasteiger partial charge in [-0.25, -0.2) is 4.79 Å². The molecule has 144 valence electrons. The first-order chi connectivity index (χ1) is 14.2. The molecule has 29 heavy (non-hydrogen) atoms. The number of anilines is 1. The lowest BCUT2D eigenvalue weighted by Crippen LogP contribution is -2.42. The van der Waals surface area contributed by atoms with Crippen molar-refractivity contribution in [3.05, 3.63) is 108 Å². The summed E-state index contributed by atoms with van der Waals surface area (Å²) in [5, 5.41) is 5.55. The van der Waals surface area contributed by atoms with Crippen molar-refractivity contribution in [2.45, 2.75) is 12.6 Å². The van der Waals surface area contributed by atoms with Crippen LogP contribution in [0.5, 0.6) is 0 Å². The van der Waals surface area contributed by atoms with Crippen molar-refractivity contribution in [1.29, 1.82) is 0 Å². The predicted molar refractivity (Wildman–Crippen MR) is 112 cm³/mol.